The normalized spacial score (nSPS) is 17.6. The van der Waals surface area contributed by atoms with Gasteiger partial charge in [0, 0.05) is 51.6 Å². The Balaban J connectivity index is 1.65. The van der Waals surface area contributed by atoms with E-state index in [2.05, 4.69) is 29.9 Å². The molecule has 2 N–H and O–H groups in total. The second-order valence-corrected chi connectivity index (χ2v) is 18.3. The zero-order valence-electron chi connectivity index (χ0n) is 20.6. The first-order valence-corrected chi connectivity index (χ1v) is 17.8. The summed E-state index contributed by atoms with van der Waals surface area (Å²) in [6, 6.07) is 3.09. The van der Waals surface area contributed by atoms with Crippen LogP contribution >= 0.6 is 11.3 Å². The number of nitrogens with zero attached hydrogens (tertiary/aromatic N) is 4. The number of thiazole rings is 1. The van der Waals surface area contributed by atoms with E-state index in [9.17, 15) is 14.5 Å². The lowest BCUT2D eigenvalue weighted by molar-refractivity contribution is 0.0899. The molecule has 0 bridgehead atoms. The Hall–Kier alpha value is -2.12. The smallest absolute Gasteiger partial charge is 0.407 e. The van der Waals surface area contributed by atoms with Crippen LogP contribution in [-0.2, 0) is 22.6 Å². The largest absolute Gasteiger partial charge is 0.611 e. The molecule has 9 nitrogen and oxygen atoms in total. The van der Waals surface area contributed by atoms with E-state index in [1.807, 2.05) is 16.8 Å². The summed E-state index contributed by atoms with van der Waals surface area (Å²) in [5.74, 6) is 0. The van der Waals surface area contributed by atoms with Gasteiger partial charge in [0.05, 0.1) is 17.4 Å². The molecule has 1 fully saturated rings. The Bertz CT molecular complexity index is 1180. The molecule has 190 valence electrons. The van der Waals surface area contributed by atoms with Crippen LogP contribution in [0.15, 0.2) is 28.9 Å². The van der Waals surface area contributed by atoms with Gasteiger partial charge >= 0.3 is 6.09 Å². The summed E-state index contributed by atoms with van der Waals surface area (Å²) in [6.07, 6.45) is 7.83. The quantitative estimate of drug-likeness (QED) is 0.230. The molecule has 1 aliphatic heterocycles. The van der Waals surface area contributed by atoms with E-state index in [1.165, 1.54) is 16.2 Å². The number of likely N-dealkylation sites (tertiary alicyclic amines) is 1. The third-order valence-electron chi connectivity index (χ3n) is 6.05. The van der Waals surface area contributed by atoms with E-state index >= 15 is 0 Å². The van der Waals surface area contributed by atoms with Gasteiger partial charge in [-0.05, 0) is 36.1 Å². The monoisotopic (exact) mass is 535 g/mol. The van der Waals surface area contributed by atoms with Crippen molar-refractivity contribution in [3.63, 3.8) is 0 Å². The summed E-state index contributed by atoms with van der Waals surface area (Å²) in [6.45, 7) is 9.11. The summed E-state index contributed by atoms with van der Waals surface area (Å²) < 4.78 is 20.6. The first-order chi connectivity index (χ1) is 16.6. The van der Waals surface area contributed by atoms with Gasteiger partial charge in [0.15, 0.2) is 0 Å². The van der Waals surface area contributed by atoms with E-state index in [1.54, 1.807) is 18.6 Å². The van der Waals surface area contributed by atoms with E-state index in [4.69, 9.17) is 9.72 Å². The maximum Gasteiger partial charge on any atom is 0.407 e. The van der Waals surface area contributed by atoms with Crippen LogP contribution in [0.4, 0.5) is 10.5 Å². The van der Waals surface area contributed by atoms with Crippen molar-refractivity contribution in [1.29, 1.82) is 0 Å². The number of nitrogens with one attached hydrogen (secondary N) is 1. The lowest BCUT2D eigenvalue weighted by Gasteiger charge is -2.32. The average Bonchev–Trinajstić information content (AvgIpc) is 3.44. The van der Waals surface area contributed by atoms with Crippen LogP contribution < -0.4 is 5.32 Å². The minimum Gasteiger partial charge on any atom is -0.611 e. The number of rotatable bonds is 9. The van der Waals surface area contributed by atoms with Gasteiger partial charge in [0.2, 0.25) is 4.21 Å². The first kappa shape index (κ1) is 26.0. The van der Waals surface area contributed by atoms with Gasteiger partial charge in [-0.3, -0.25) is 0 Å². The van der Waals surface area contributed by atoms with Crippen molar-refractivity contribution in [2.75, 3.05) is 31.3 Å². The fourth-order valence-electron chi connectivity index (χ4n) is 4.09. The molecule has 12 heteroatoms. The van der Waals surface area contributed by atoms with Gasteiger partial charge in [-0.15, -0.1) is 0 Å². The predicted octanol–water partition coefficient (Wildman–Crippen LogP) is 4.76. The number of carboxylic acid groups (broad SMARTS) is 1. The van der Waals surface area contributed by atoms with Crippen LogP contribution in [-0.4, -0.2) is 75.3 Å². The highest BCUT2D eigenvalue weighted by Gasteiger charge is 2.26. The summed E-state index contributed by atoms with van der Waals surface area (Å²) in [5, 5.41) is 14.7. The molecule has 1 aliphatic rings. The highest BCUT2D eigenvalue weighted by atomic mass is 32.2. The molecule has 0 spiro atoms. The molecule has 2 atom stereocenters. The molecule has 0 aliphatic carbocycles. The van der Waals surface area contributed by atoms with Gasteiger partial charge in [-0.25, -0.2) is 14.8 Å². The summed E-state index contributed by atoms with van der Waals surface area (Å²) in [7, 11) is -1.17. The third kappa shape index (κ3) is 6.36. The van der Waals surface area contributed by atoms with Crippen molar-refractivity contribution < 1.29 is 19.2 Å². The zero-order chi connectivity index (χ0) is 25.2. The van der Waals surface area contributed by atoms with Crippen LogP contribution in [0.2, 0.25) is 25.7 Å². The number of carbonyl (C=O) groups is 1. The molecule has 35 heavy (non-hydrogen) atoms. The van der Waals surface area contributed by atoms with E-state index in [0.717, 1.165) is 52.8 Å². The highest BCUT2D eigenvalue weighted by molar-refractivity contribution is 7.92. The molecular weight excluding hydrogens is 503 g/mol. The average molecular weight is 536 g/mol. The van der Waals surface area contributed by atoms with Crippen LogP contribution in [0, 0.1) is 0 Å². The molecule has 1 saturated heterocycles. The van der Waals surface area contributed by atoms with E-state index < -0.39 is 25.3 Å². The molecule has 4 heterocycles. The summed E-state index contributed by atoms with van der Waals surface area (Å²) in [5.41, 5.74) is 2.49. The van der Waals surface area contributed by atoms with Crippen LogP contribution in [0.1, 0.15) is 12.8 Å². The lowest BCUT2D eigenvalue weighted by atomic mass is 10.0. The number of hydrogen-bond donors (Lipinski definition) is 2. The maximum absolute atomic E-state index is 12.0. The van der Waals surface area contributed by atoms with Crippen molar-refractivity contribution in [3.05, 3.63) is 24.7 Å². The summed E-state index contributed by atoms with van der Waals surface area (Å²) in [4.78, 5) is 22.3. The minimum atomic E-state index is -1.17. The molecule has 3 aromatic heterocycles. The standard InChI is InChI=1S/C23H33N5O4S2Si/c1-34(31)19-13-25-22(33-19)18-12-24-21-17(7-9-28(21)15-32-10-11-35(2,3)4)20(18)26-16-6-5-8-27(14-16)23(29)30/h7,9,12-13,16H,5-6,8,10-11,14-15H2,1-4H3,(H,24,26)(H,29,30)/t16-,34?/m1/s1. The number of aromatic nitrogens is 3. The second-order valence-electron chi connectivity index (χ2n) is 10.1. The van der Waals surface area contributed by atoms with Crippen molar-refractivity contribution in [2.24, 2.45) is 0 Å². The van der Waals surface area contributed by atoms with E-state index in [-0.39, 0.29) is 6.04 Å². The molecule has 1 unspecified atom stereocenters. The van der Waals surface area contributed by atoms with Crippen molar-refractivity contribution in [2.45, 2.75) is 55.5 Å². The Morgan fingerprint density at radius 2 is 2.17 bits per heavy atom. The van der Waals surface area contributed by atoms with Crippen molar-refractivity contribution in [3.8, 4) is 10.6 Å². The number of amides is 1. The van der Waals surface area contributed by atoms with Gasteiger partial charge < -0.3 is 29.2 Å². The molecule has 0 aromatic carbocycles. The molecule has 4 rings (SSSR count). The number of fused-ring (bicyclic) bond motifs is 1. The number of anilines is 1. The Kier molecular flexibility index (Phi) is 8.06. The molecular formula is C23H33N5O4S2Si. The summed E-state index contributed by atoms with van der Waals surface area (Å²) >= 11 is 0.273. The van der Waals surface area contributed by atoms with Crippen molar-refractivity contribution >= 4 is 53.4 Å². The topological polar surface area (TPSA) is 116 Å². The lowest BCUT2D eigenvalue weighted by Crippen LogP contribution is -2.44. The fourth-order valence-corrected chi connectivity index (χ4v) is 6.42. The molecule has 1 amide bonds. The van der Waals surface area contributed by atoms with Gasteiger partial charge in [0.25, 0.3) is 0 Å². The fraction of sp³-hybridized carbons (Fsp3) is 0.522. The SMILES string of the molecule is C[S+]([O-])c1cnc(-c2cnc3c(ccn3COCC[Si](C)(C)C)c2N[C@@H]2CCCN(C(=O)O)C2)s1. The van der Waals surface area contributed by atoms with Crippen molar-refractivity contribution in [1.82, 2.24) is 19.4 Å². The van der Waals surface area contributed by atoms with Crippen LogP contribution in [0.5, 0.6) is 0 Å². The molecule has 0 radical (unpaired) electrons. The highest BCUT2D eigenvalue weighted by Crippen LogP contribution is 2.38. The predicted molar refractivity (Wildman–Crippen MR) is 144 cm³/mol. The number of piperidine rings is 1. The Labute approximate surface area is 213 Å². The van der Waals surface area contributed by atoms with Gasteiger partial charge in [0.1, 0.15) is 23.6 Å². The first-order valence-electron chi connectivity index (χ1n) is 11.7. The molecule has 3 aromatic rings. The Morgan fingerprint density at radius 3 is 2.86 bits per heavy atom. The zero-order valence-corrected chi connectivity index (χ0v) is 23.2. The minimum absolute atomic E-state index is 0.0275. The number of ether oxygens (including phenoxy) is 1. The van der Waals surface area contributed by atoms with Gasteiger partial charge in [-0.1, -0.05) is 31.0 Å². The van der Waals surface area contributed by atoms with Crippen LogP contribution in [0.3, 0.4) is 0 Å². The number of hydrogen-bond acceptors (Lipinski definition) is 7. The van der Waals surface area contributed by atoms with Gasteiger partial charge in [-0.2, -0.15) is 0 Å². The Morgan fingerprint density at radius 1 is 1.37 bits per heavy atom. The maximum atomic E-state index is 12.0. The van der Waals surface area contributed by atoms with E-state index in [0.29, 0.717) is 24.0 Å². The van der Waals surface area contributed by atoms with Crippen LogP contribution in [0.25, 0.3) is 21.6 Å². The number of pyridine rings is 1. The third-order valence-corrected chi connectivity index (χ3v) is 10.2. The molecule has 0 saturated carbocycles. The second kappa shape index (κ2) is 10.9.